The molecule has 0 unspecified atom stereocenters. The Hall–Kier alpha value is -2.49. The van der Waals surface area contributed by atoms with Gasteiger partial charge in [-0.2, -0.15) is 0 Å². The van der Waals surface area contributed by atoms with Gasteiger partial charge in [0, 0.05) is 17.6 Å². The summed E-state index contributed by atoms with van der Waals surface area (Å²) in [5, 5.41) is 5.79. The van der Waals surface area contributed by atoms with Gasteiger partial charge in [0.1, 0.15) is 5.75 Å². The number of methoxy groups -OCH3 is 1. The maximum Gasteiger partial charge on any atom is 0.319 e. The van der Waals surface area contributed by atoms with E-state index in [2.05, 4.69) is 24.5 Å². The molecule has 0 radical (unpaired) electrons. The molecule has 2 aromatic carbocycles. The number of anilines is 1. The van der Waals surface area contributed by atoms with Crippen LogP contribution in [0.2, 0.25) is 0 Å². The summed E-state index contributed by atoms with van der Waals surface area (Å²) in [6.45, 7) is 6.73. The minimum atomic E-state index is -0.197. The third-order valence-electron chi connectivity index (χ3n) is 3.84. The molecule has 2 rings (SSSR count). The molecule has 23 heavy (non-hydrogen) atoms. The number of hydrogen-bond acceptors (Lipinski definition) is 2. The highest BCUT2D eigenvalue weighted by molar-refractivity contribution is 5.89. The van der Waals surface area contributed by atoms with Crippen LogP contribution in [0.1, 0.15) is 25.0 Å². The number of amides is 2. The molecule has 2 N–H and O–H groups in total. The van der Waals surface area contributed by atoms with Crippen molar-refractivity contribution in [2.75, 3.05) is 19.0 Å². The molecular formula is C19H24N2O2. The van der Waals surface area contributed by atoms with Crippen molar-refractivity contribution in [1.82, 2.24) is 5.32 Å². The van der Waals surface area contributed by atoms with Crippen molar-refractivity contribution in [2.24, 2.45) is 0 Å². The summed E-state index contributed by atoms with van der Waals surface area (Å²) in [4.78, 5) is 12.1. The molecule has 0 aliphatic rings. The lowest BCUT2D eigenvalue weighted by atomic mass is 9.84. The van der Waals surface area contributed by atoms with Crippen LogP contribution in [0.5, 0.6) is 5.75 Å². The second-order valence-corrected chi connectivity index (χ2v) is 6.29. The highest BCUT2D eigenvalue weighted by Crippen LogP contribution is 2.24. The lowest BCUT2D eigenvalue weighted by molar-refractivity contribution is 0.249. The smallest absolute Gasteiger partial charge is 0.319 e. The van der Waals surface area contributed by atoms with Crippen molar-refractivity contribution < 1.29 is 9.53 Å². The van der Waals surface area contributed by atoms with E-state index in [-0.39, 0.29) is 11.4 Å². The van der Waals surface area contributed by atoms with E-state index >= 15 is 0 Å². The summed E-state index contributed by atoms with van der Waals surface area (Å²) in [6, 6.07) is 15.5. The van der Waals surface area contributed by atoms with Gasteiger partial charge in [-0.25, -0.2) is 4.79 Å². The van der Waals surface area contributed by atoms with Crippen LogP contribution in [-0.4, -0.2) is 19.7 Å². The predicted molar refractivity (Wildman–Crippen MR) is 94.2 cm³/mol. The lowest BCUT2D eigenvalue weighted by Gasteiger charge is -2.26. The van der Waals surface area contributed by atoms with Crippen LogP contribution >= 0.6 is 0 Å². The van der Waals surface area contributed by atoms with Crippen molar-refractivity contribution in [2.45, 2.75) is 26.2 Å². The molecule has 2 amide bonds. The molecule has 0 aliphatic heterocycles. The van der Waals surface area contributed by atoms with Crippen LogP contribution in [0.4, 0.5) is 10.5 Å². The van der Waals surface area contributed by atoms with E-state index < -0.39 is 0 Å². The number of carbonyl (C=O) groups excluding carboxylic acids is 1. The van der Waals surface area contributed by atoms with E-state index in [1.165, 1.54) is 0 Å². The van der Waals surface area contributed by atoms with Gasteiger partial charge in [0.05, 0.1) is 7.11 Å². The first kappa shape index (κ1) is 16.9. The van der Waals surface area contributed by atoms with Gasteiger partial charge in [-0.05, 0) is 42.3 Å². The van der Waals surface area contributed by atoms with Crippen molar-refractivity contribution in [3.63, 3.8) is 0 Å². The zero-order valence-electron chi connectivity index (χ0n) is 14.1. The van der Waals surface area contributed by atoms with Gasteiger partial charge in [0.2, 0.25) is 0 Å². The van der Waals surface area contributed by atoms with E-state index in [1.807, 2.05) is 55.5 Å². The summed E-state index contributed by atoms with van der Waals surface area (Å²) in [5.74, 6) is 0.828. The zero-order chi connectivity index (χ0) is 16.9. The van der Waals surface area contributed by atoms with Gasteiger partial charge >= 0.3 is 6.03 Å². The van der Waals surface area contributed by atoms with E-state index in [0.29, 0.717) is 6.54 Å². The quantitative estimate of drug-likeness (QED) is 0.873. The molecule has 2 aromatic rings. The molecule has 4 nitrogen and oxygen atoms in total. The van der Waals surface area contributed by atoms with Gasteiger partial charge < -0.3 is 15.4 Å². The van der Waals surface area contributed by atoms with Crippen LogP contribution in [0.15, 0.2) is 48.5 Å². The highest BCUT2D eigenvalue weighted by Gasteiger charge is 2.21. The standard InChI is InChI=1S/C19H24N2O2/c1-14-6-5-7-16(12-14)21-18(22)20-13-19(2,3)15-8-10-17(23-4)11-9-15/h5-12H,13H2,1-4H3,(H2,20,21,22). The maximum absolute atomic E-state index is 12.1. The van der Waals surface area contributed by atoms with Gasteiger partial charge in [0.25, 0.3) is 0 Å². The van der Waals surface area contributed by atoms with Crippen molar-refractivity contribution in [3.05, 3.63) is 59.7 Å². The van der Waals surface area contributed by atoms with Gasteiger partial charge in [-0.1, -0.05) is 38.1 Å². The number of hydrogen-bond donors (Lipinski definition) is 2. The van der Waals surface area contributed by atoms with E-state index in [4.69, 9.17) is 4.74 Å². The molecule has 0 aliphatic carbocycles. The van der Waals surface area contributed by atoms with Crippen molar-refractivity contribution in [3.8, 4) is 5.75 Å². The summed E-state index contributed by atoms with van der Waals surface area (Å²) >= 11 is 0. The fourth-order valence-corrected chi connectivity index (χ4v) is 2.34. The molecule has 0 saturated carbocycles. The molecule has 0 fully saturated rings. The van der Waals surface area contributed by atoms with Crippen LogP contribution in [-0.2, 0) is 5.41 Å². The second kappa shape index (κ2) is 7.18. The largest absolute Gasteiger partial charge is 0.497 e. The molecule has 4 heteroatoms. The molecule has 0 heterocycles. The Bertz CT molecular complexity index is 663. The first-order valence-corrected chi connectivity index (χ1v) is 7.67. The third kappa shape index (κ3) is 4.74. The Morgan fingerprint density at radius 3 is 2.43 bits per heavy atom. The minimum absolute atomic E-state index is 0.170. The minimum Gasteiger partial charge on any atom is -0.497 e. The average Bonchev–Trinajstić information content (AvgIpc) is 2.53. The fraction of sp³-hybridized carbons (Fsp3) is 0.316. The molecule has 122 valence electrons. The van der Waals surface area contributed by atoms with Crippen LogP contribution in [0.3, 0.4) is 0 Å². The number of aryl methyl sites for hydroxylation is 1. The summed E-state index contributed by atoms with van der Waals surface area (Å²) in [5.41, 5.74) is 2.89. The first-order chi connectivity index (χ1) is 10.9. The SMILES string of the molecule is COc1ccc(C(C)(C)CNC(=O)Nc2cccc(C)c2)cc1. The average molecular weight is 312 g/mol. The van der Waals surface area contributed by atoms with Gasteiger partial charge in [0.15, 0.2) is 0 Å². The number of ether oxygens (including phenoxy) is 1. The van der Waals surface area contributed by atoms with Crippen LogP contribution < -0.4 is 15.4 Å². The van der Waals surface area contributed by atoms with Crippen LogP contribution in [0.25, 0.3) is 0 Å². The topological polar surface area (TPSA) is 50.4 Å². The van der Waals surface area contributed by atoms with Crippen molar-refractivity contribution >= 4 is 11.7 Å². The van der Waals surface area contributed by atoms with Gasteiger partial charge in [-0.15, -0.1) is 0 Å². The first-order valence-electron chi connectivity index (χ1n) is 7.67. The summed E-state index contributed by atoms with van der Waals surface area (Å²) in [6.07, 6.45) is 0. The normalized spacial score (nSPS) is 11.0. The summed E-state index contributed by atoms with van der Waals surface area (Å²) < 4.78 is 5.18. The van der Waals surface area contributed by atoms with Gasteiger partial charge in [-0.3, -0.25) is 0 Å². The number of nitrogens with one attached hydrogen (secondary N) is 2. The number of rotatable bonds is 5. The van der Waals surface area contributed by atoms with Crippen LogP contribution in [0, 0.1) is 6.92 Å². The maximum atomic E-state index is 12.1. The molecule has 0 bridgehead atoms. The molecule has 0 spiro atoms. The summed E-state index contributed by atoms with van der Waals surface area (Å²) in [7, 11) is 1.65. The van der Waals surface area contributed by atoms with E-state index in [9.17, 15) is 4.79 Å². The zero-order valence-corrected chi connectivity index (χ0v) is 14.1. The fourth-order valence-electron chi connectivity index (χ4n) is 2.34. The predicted octanol–water partition coefficient (Wildman–Crippen LogP) is 4.10. The Kier molecular flexibility index (Phi) is 5.27. The van der Waals surface area contributed by atoms with E-state index in [0.717, 1.165) is 22.6 Å². The molecule has 0 saturated heterocycles. The Morgan fingerprint density at radius 1 is 1.13 bits per heavy atom. The Morgan fingerprint density at radius 2 is 1.83 bits per heavy atom. The highest BCUT2D eigenvalue weighted by atomic mass is 16.5. The van der Waals surface area contributed by atoms with Crippen molar-refractivity contribution in [1.29, 1.82) is 0 Å². The molecule has 0 atom stereocenters. The lowest BCUT2D eigenvalue weighted by Crippen LogP contribution is -2.38. The Labute approximate surface area is 137 Å². The number of benzene rings is 2. The third-order valence-corrected chi connectivity index (χ3v) is 3.84. The molecule has 0 aromatic heterocycles. The number of carbonyl (C=O) groups is 1. The second-order valence-electron chi connectivity index (χ2n) is 6.29. The monoisotopic (exact) mass is 312 g/mol. The number of urea groups is 1. The van der Waals surface area contributed by atoms with E-state index in [1.54, 1.807) is 7.11 Å². The Balaban J connectivity index is 1.93. The molecular weight excluding hydrogens is 288 g/mol.